The molecule has 3 rings (SSSR count). The van der Waals surface area contributed by atoms with Gasteiger partial charge in [-0.15, -0.1) is 12.6 Å². The van der Waals surface area contributed by atoms with Gasteiger partial charge in [-0.25, -0.2) is 13.2 Å². The predicted molar refractivity (Wildman–Crippen MR) is 118 cm³/mol. The van der Waals surface area contributed by atoms with Crippen LogP contribution in [-0.2, 0) is 19.4 Å². The van der Waals surface area contributed by atoms with Crippen molar-refractivity contribution in [3.05, 3.63) is 46.9 Å². The van der Waals surface area contributed by atoms with Gasteiger partial charge in [-0.1, -0.05) is 22.0 Å². The highest BCUT2D eigenvalue weighted by Crippen LogP contribution is 2.44. The van der Waals surface area contributed by atoms with E-state index >= 15 is 0 Å². The van der Waals surface area contributed by atoms with Crippen molar-refractivity contribution in [3.63, 3.8) is 0 Å². The molecule has 1 unspecified atom stereocenters. The largest absolute Gasteiger partial charge is 0.496 e. The van der Waals surface area contributed by atoms with Crippen molar-refractivity contribution in [2.75, 3.05) is 25.7 Å². The first kappa shape index (κ1) is 22.0. The number of thiol groups is 1. The van der Waals surface area contributed by atoms with Crippen LogP contribution in [0.15, 0.2) is 56.7 Å². The molecule has 1 heterocycles. The number of anilines is 1. The van der Waals surface area contributed by atoms with Gasteiger partial charge in [-0.2, -0.15) is 0 Å². The van der Waals surface area contributed by atoms with E-state index in [1.165, 1.54) is 26.4 Å². The second-order valence-corrected chi connectivity index (χ2v) is 10.4. The third-order valence-electron chi connectivity index (χ3n) is 5.41. The summed E-state index contributed by atoms with van der Waals surface area (Å²) in [6.45, 7) is 1.96. The van der Waals surface area contributed by atoms with Crippen LogP contribution >= 0.6 is 28.6 Å². The van der Waals surface area contributed by atoms with E-state index < -0.39 is 26.6 Å². The Morgan fingerprint density at radius 1 is 1.21 bits per heavy atom. The van der Waals surface area contributed by atoms with Gasteiger partial charge >= 0.3 is 5.97 Å². The maximum absolute atomic E-state index is 13.5. The van der Waals surface area contributed by atoms with Gasteiger partial charge in [-0.05, 0) is 49.7 Å². The number of hydrogen-bond donors (Lipinski definition) is 1. The van der Waals surface area contributed by atoms with Crippen molar-refractivity contribution < 1.29 is 22.7 Å². The second-order valence-electron chi connectivity index (χ2n) is 6.89. The lowest BCUT2D eigenvalue weighted by molar-refractivity contribution is -0.145. The number of sulfone groups is 1. The Morgan fingerprint density at radius 3 is 2.45 bits per heavy atom. The number of carbonyl (C=O) groups is 1. The van der Waals surface area contributed by atoms with E-state index in [-0.39, 0.29) is 11.3 Å². The summed E-state index contributed by atoms with van der Waals surface area (Å²) in [5, 5.41) is -0.984. The summed E-state index contributed by atoms with van der Waals surface area (Å²) in [7, 11) is -1.01. The van der Waals surface area contributed by atoms with Crippen molar-refractivity contribution in [2.24, 2.45) is 0 Å². The van der Waals surface area contributed by atoms with Gasteiger partial charge in [0.05, 0.1) is 29.7 Å². The summed E-state index contributed by atoms with van der Waals surface area (Å²) >= 11 is 7.87. The van der Waals surface area contributed by atoms with E-state index in [4.69, 9.17) is 9.47 Å². The molecule has 0 amide bonds. The number of ether oxygens (including phenoxy) is 2. The molecule has 29 heavy (non-hydrogen) atoms. The van der Waals surface area contributed by atoms with Crippen LogP contribution in [0.1, 0.15) is 13.3 Å². The quantitative estimate of drug-likeness (QED) is 0.499. The molecule has 2 atom stereocenters. The van der Waals surface area contributed by atoms with Gasteiger partial charge in [0.15, 0.2) is 15.4 Å². The topological polar surface area (TPSA) is 72.9 Å². The van der Waals surface area contributed by atoms with E-state index in [0.29, 0.717) is 22.9 Å². The number of esters is 1. The molecule has 6 nitrogen and oxygen atoms in total. The SMILES string of the molecule is COC(=O)[C@]1(C)C(S(=O)(=O)c2ccc(Br)cc2)CCN1c1cccc(OC)c1S. The fraction of sp³-hybridized carbons (Fsp3) is 0.350. The number of rotatable bonds is 5. The van der Waals surface area contributed by atoms with Crippen LogP contribution in [0.25, 0.3) is 0 Å². The van der Waals surface area contributed by atoms with Gasteiger partial charge in [0.1, 0.15) is 11.0 Å². The van der Waals surface area contributed by atoms with E-state index in [1.54, 1.807) is 42.2 Å². The van der Waals surface area contributed by atoms with E-state index in [1.807, 2.05) is 0 Å². The molecule has 1 saturated heterocycles. The average molecular weight is 500 g/mol. The Hall–Kier alpha value is -1.71. The van der Waals surface area contributed by atoms with Crippen LogP contribution in [-0.4, -0.2) is 45.9 Å². The molecule has 2 aromatic rings. The van der Waals surface area contributed by atoms with Crippen molar-refractivity contribution in [2.45, 2.75) is 33.9 Å². The highest BCUT2D eigenvalue weighted by molar-refractivity contribution is 9.10. The van der Waals surface area contributed by atoms with E-state index in [2.05, 4.69) is 28.6 Å². The molecule has 0 saturated carbocycles. The van der Waals surface area contributed by atoms with E-state index in [9.17, 15) is 13.2 Å². The van der Waals surface area contributed by atoms with Gasteiger partial charge in [0.2, 0.25) is 0 Å². The maximum Gasteiger partial charge on any atom is 0.332 e. The summed E-state index contributed by atoms with van der Waals surface area (Å²) in [6.07, 6.45) is 0.272. The smallest absolute Gasteiger partial charge is 0.332 e. The average Bonchev–Trinajstić information content (AvgIpc) is 3.06. The van der Waals surface area contributed by atoms with Crippen LogP contribution < -0.4 is 9.64 Å². The molecular formula is C20H22BrNO5S2. The number of benzene rings is 2. The summed E-state index contributed by atoms with van der Waals surface area (Å²) in [4.78, 5) is 15.4. The number of nitrogens with zero attached hydrogens (tertiary/aromatic N) is 1. The zero-order valence-corrected chi connectivity index (χ0v) is 19.6. The summed E-state index contributed by atoms with van der Waals surface area (Å²) < 4.78 is 38.1. The fourth-order valence-electron chi connectivity index (χ4n) is 3.89. The first-order valence-corrected chi connectivity index (χ1v) is 11.7. The lowest BCUT2D eigenvalue weighted by Crippen LogP contribution is -2.57. The molecule has 0 bridgehead atoms. The van der Waals surface area contributed by atoms with Crippen molar-refractivity contribution in [1.29, 1.82) is 0 Å². The zero-order chi connectivity index (χ0) is 21.4. The Kier molecular flexibility index (Phi) is 6.21. The summed E-state index contributed by atoms with van der Waals surface area (Å²) in [5.41, 5.74) is -0.807. The van der Waals surface area contributed by atoms with Crippen LogP contribution in [0.3, 0.4) is 0 Å². The van der Waals surface area contributed by atoms with Gasteiger partial charge < -0.3 is 14.4 Å². The lowest BCUT2D eigenvalue weighted by atomic mass is 9.97. The zero-order valence-electron chi connectivity index (χ0n) is 16.3. The molecule has 2 aromatic carbocycles. The number of carbonyl (C=O) groups excluding carboxylic acids is 1. The fourth-order valence-corrected chi connectivity index (χ4v) is 6.60. The monoisotopic (exact) mass is 499 g/mol. The Balaban J connectivity index is 2.13. The maximum atomic E-state index is 13.5. The normalized spacial score (nSPS) is 21.8. The van der Waals surface area contributed by atoms with Gasteiger partial charge in [0.25, 0.3) is 0 Å². The molecule has 1 aliphatic rings. The third kappa shape index (κ3) is 3.64. The standard InChI is InChI=1S/C20H22BrNO5S2/c1-20(19(23)27-3)17(29(24,25)14-9-7-13(21)8-10-14)11-12-22(20)15-5-4-6-16(26-2)18(15)28/h4-10,17,28H,11-12H2,1-3H3/t17?,20-/m0/s1. The Bertz CT molecular complexity index is 1030. The molecule has 0 spiro atoms. The lowest BCUT2D eigenvalue weighted by Gasteiger charge is -2.38. The number of halogens is 1. The highest BCUT2D eigenvalue weighted by Gasteiger charge is 2.58. The van der Waals surface area contributed by atoms with Crippen LogP contribution in [0.4, 0.5) is 5.69 Å². The van der Waals surface area contributed by atoms with Crippen molar-refractivity contribution in [3.8, 4) is 5.75 Å². The molecule has 0 N–H and O–H groups in total. The summed E-state index contributed by atoms with van der Waals surface area (Å²) in [6, 6.07) is 11.7. The molecule has 156 valence electrons. The minimum absolute atomic E-state index is 0.166. The first-order chi connectivity index (χ1) is 13.7. The third-order valence-corrected chi connectivity index (χ3v) is 8.76. The number of hydrogen-bond acceptors (Lipinski definition) is 7. The predicted octanol–water partition coefficient (Wildman–Crippen LogP) is 3.73. The van der Waals surface area contributed by atoms with Gasteiger partial charge in [-0.3, -0.25) is 0 Å². The second kappa shape index (κ2) is 8.20. The number of methoxy groups -OCH3 is 2. The van der Waals surface area contributed by atoms with E-state index in [0.717, 1.165) is 4.47 Å². The highest BCUT2D eigenvalue weighted by atomic mass is 79.9. The molecule has 1 fully saturated rings. The van der Waals surface area contributed by atoms with Gasteiger partial charge in [0, 0.05) is 11.0 Å². The Labute approximate surface area is 184 Å². The minimum atomic E-state index is -3.81. The van der Waals surface area contributed by atoms with Crippen LogP contribution in [0.2, 0.25) is 0 Å². The molecular weight excluding hydrogens is 478 g/mol. The van der Waals surface area contributed by atoms with Crippen LogP contribution in [0, 0.1) is 0 Å². The summed E-state index contributed by atoms with van der Waals surface area (Å²) in [5.74, 6) is -0.0755. The van der Waals surface area contributed by atoms with Crippen LogP contribution in [0.5, 0.6) is 5.75 Å². The molecule has 1 aliphatic heterocycles. The molecule has 0 aliphatic carbocycles. The van der Waals surface area contributed by atoms with Crippen molar-refractivity contribution >= 4 is 50.1 Å². The first-order valence-electron chi connectivity index (χ1n) is 8.89. The molecule has 0 radical (unpaired) electrons. The molecule has 9 heteroatoms. The van der Waals surface area contributed by atoms with Crippen molar-refractivity contribution in [1.82, 2.24) is 0 Å². The minimum Gasteiger partial charge on any atom is -0.496 e. The molecule has 0 aromatic heterocycles. The Morgan fingerprint density at radius 2 is 1.86 bits per heavy atom.